The van der Waals surface area contributed by atoms with Gasteiger partial charge in [0.25, 0.3) is 0 Å². The molecule has 8 heterocycles. The smallest absolute Gasteiger partial charge is 0.138 e. The lowest BCUT2D eigenvalue weighted by molar-refractivity contribution is 1.08. The van der Waals surface area contributed by atoms with E-state index in [9.17, 15) is 0 Å². The molecule has 0 bridgehead atoms. The molecule has 0 amide bonds. The monoisotopic (exact) mass is 1780 g/mol. The maximum Gasteiger partial charge on any atom is 0.138 e. The van der Waals surface area contributed by atoms with Gasteiger partial charge in [0, 0.05) is 81.7 Å². The van der Waals surface area contributed by atoms with Gasteiger partial charge in [0.05, 0.1) is 22.7 Å². The highest BCUT2D eigenvalue weighted by Gasteiger charge is 2.27. The summed E-state index contributed by atoms with van der Waals surface area (Å²) in [5.74, 6) is 6.62. The number of aryl methyl sites for hydroxylation is 12. The summed E-state index contributed by atoms with van der Waals surface area (Å²) < 4.78 is 0. The normalized spacial score (nSPS) is 11.5. The molecule has 16 aromatic carbocycles. The lowest BCUT2D eigenvalue weighted by Crippen LogP contribution is -2.14. The van der Waals surface area contributed by atoms with Crippen molar-refractivity contribution < 1.29 is 0 Å². The Bertz CT molecular complexity index is 7670. The van der Waals surface area contributed by atoms with Crippen LogP contribution in [0.2, 0.25) is 0 Å². The first-order valence-corrected chi connectivity index (χ1v) is 46.9. The van der Waals surface area contributed by atoms with Crippen molar-refractivity contribution in [2.45, 2.75) is 83.1 Å². The number of nitrogens with zero attached hydrogens (tertiary/aromatic N) is 14. The molecule has 0 radical (unpaired) electrons. The third-order valence-electron chi connectivity index (χ3n) is 25.8. The van der Waals surface area contributed by atoms with Crippen LogP contribution >= 0.6 is 0 Å². The quantitative estimate of drug-likeness (QED) is 0.0757. The number of hydrogen-bond acceptors (Lipinski definition) is 14. The molecule has 0 atom stereocenters. The highest BCUT2D eigenvalue weighted by Crippen LogP contribution is 2.50. The van der Waals surface area contributed by atoms with Gasteiger partial charge < -0.3 is 9.80 Å². The predicted octanol–water partition coefficient (Wildman–Crippen LogP) is 33.4. The van der Waals surface area contributed by atoms with Gasteiger partial charge >= 0.3 is 0 Å². The van der Waals surface area contributed by atoms with Gasteiger partial charge in [-0.05, 0) is 443 Å². The van der Waals surface area contributed by atoms with Crippen LogP contribution in [0.4, 0.5) is 103 Å². The molecule has 0 aliphatic rings. The third-order valence-corrected chi connectivity index (χ3v) is 25.8. The summed E-state index contributed by atoms with van der Waals surface area (Å²) in [5, 5.41) is 21.9. The molecule has 0 saturated carbocycles. The van der Waals surface area contributed by atoms with E-state index in [0.29, 0.717) is 0 Å². The summed E-state index contributed by atoms with van der Waals surface area (Å²) in [6.45, 7) is 25.6. The van der Waals surface area contributed by atoms with Crippen LogP contribution in [-0.2, 0) is 0 Å². The summed E-state index contributed by atoms with van der Waals surface area (Å²) >= 11 is 0. The minimum absolute atomic E-state index is 0.817. The Balaban J connectivity index is 0.000000120. The van der Waals surface area contributed by atoms with Gasteiger partial charge in [0.1, 0.15) is 46.5 Å². The van der Waals surface area contributed by atoms with Gasteiger partial charge in [-0.3, -0.25) is 19.6 Å². The van der Waals surface area contributed by atoms with E-state index in [2.05, 4.69) is 323 Å². The first-order chi connectivity index (χ1) is 67.2. The first kappa shape index (κ1) is 86.1. The Morgan fingerprint density at radius 1 is 0.138 bits per heavy atom. The molecule has 14 nitrogen and oxygen atoms in total. The van der Waals surface area contributed by atoms with Crippen LogP contribution in [0.25, 0.3) is 97.0 Å². The van der Waals surface area contributed by atoms with Gasteiger partial charge in [0.15, 0.2) is 0 Å². The van der Waals surface area contributed by atoms with E-state index < -0.39 is 0 Å². The molecule has 24 rings (SSSR count). The van der Waals surface area contributed by atoms with E-state index in [4.69, 9.17) is 19.9 Å². The average Bonchev–Trinajstić information content (AvgIpc) is 0.733. The number of hydrogen-bond donors (Lipinski definition) is 0. The lowest BCUT2D eigenvalue weighted by Gasteiger charge is -2.29. The number of anilines is 18. The van der Waals surface area contributed by atoms with E-state index in [0.717, 1.165) is 114 Å². The molecule has 0 aliphatic heterocycles. The lowest BCUT2D eigenvalue weighted by atomic mass is 9.92. The molecular weight excluding hydrogens is 1690 g/mol. The van der Waals surface area contributed by atoms with Crippen molar-refractivity contribution in [2.24, 2.45) is 0 Å². The van der Waals surface area contributed by atoms with E-state index in [1.165, 1.54) is 154 Å². The second kappa shape index (κ2) is 35.9. The van der Waals surface area contributed by atoms with Gasteiger partial charge in [-0.15, -0.1) is 0 Å². The second-order valence-corrected chi connectivity index (χ2v) is 36.7. The molecule has 14 heteroatoms. The van der Waals surface area contributed by atoms with Gasteiger partial charge in [-0.1, -0.05) is 146 Å². The molecule has 0 spiro atoms. The number of pyridine rings is 8. The maximum atomic E-state index is 4.89. The maximum absolute atomic E-state index is 4.89. The SMILES string of the molecule is Cc1cc(C)cc(N(c2cc(C)cc(C)c2)c2cc3ccc4cc(N(c5cc(C)cc(C)c5)c5cc(C)cc(C)c5)cc5ccc(c2)c3c45)c1.Cc1cccc(N(c2cc3ccc4cc(N(c5cccc(C)n5)c5cccc(C)n5)cc5ccc(c2)c3c45)c2cccc(C)n2)n1.c1ccc(N(c2cc3ccc4cc(N(c5ccccn5)c5ccccn5)cc5ccc(c2)c3c45)c2ccccn2)nc1. The zero-order chi connectivity index (χ0) is 94.1. The van der Waals surface area contributed by atoms with Crippen LogP contribution in [0, 0.1) is 83.1 Å². The Hall–Kier alpha value is -17.4. The van der Waals surface area contributed by atoms with E-state index in [1.807, 2.05) is 198 Å². The molecule has 0 fully saturated rings. The highest BCUT2D eigenvalue weighted by molar-refractivity contribution is 6.28. The highest BCUT2D eigenvalue weighted by atomic mass is 15.3. The van der Waals surface area contributed by atoms with Crippen molar-refractivity contribution in [1.29, 1.82) is 0 Å². The molecule has 0 N–H and O–H groups in total. The second-order valence-electron chi connectivity index (χ2n) is 36.7. The molecule has 24 aromatic rings. The van der Waals surface area contributed by atoms with Crippen LogP contribution in [0.5, 0.6) is 0 Å². The Morgan fingerprint density at radius 2 is 0.290 bits per heavy atom. The van der Waals surface area contributed by atoms with Gasteiger partial charge in [-0.2, -0.15) is 0 Å². The Kier molecular flexibility index (Phi) is 22.4. The van der Waals surface area contributed by atoms with Gasteiger partial charge in [-0.25, -0.2) is 39.9 Å². The molecule has 0 saturated heterocycles. The summed E-state index contributed by atoms with van der Waals surface area (Å²) in [5.41, 5.74) is 25.1. The molecule has 0 unspecified atom stereocenters. The van der Waals surface area contributed by atoms with Crippen LogP contribution in [0.15, 0.2) is 389 Å². The largest absolute Gasteiger partial charge is 0.310 e. The summed E-state index contributed by atoms with van der Waals surface area (Å²) in [7, 11) is 0. The van der Waals surface area contributed by atoms with Crippen molar-refractivity contribution in [3.63, 3.8) is 0 Å². The average molecular weight is 1790 g/mol. The Labute approximate surface area is 803 Å². The fraction of sp³-hybridized carbons (Fsp3) is 0.0968. The predicted molar refractivity (Wildman–Crippen MR) is 578 cm³/mol. The first-order valence-electron chi connectivity index (χ1n) is 46.9. The fourth-order valence-electron chi connectivity index (χ4n) is 20.5. The Morgan fingerprint density at radius 3 is 0.449 bits per heavy atom. The van der Waals surface area contributed by atoms with Crippen molar-refractivity contribution in [3.8, 4) is 0 Å². The van der Waals surface area contributed by atoms with Crippen LogP contribution < -0.4 is 29.4 Å². The van der Waals surface area contributed by atoms with Crippen molar-refractivity contribution in [2.75, 3.05) is 29.4 Å². The zero-order valence-electron chi connectivity index (χ0n) is 79.2. The van der Waals surface area contributed by atoms with Crippen molar-refractivity contribution in [1.82, 2.24) is 39.9 Å². The van der Waals surface area contributed by atoms with E-state index in [1.54, 1.807) is 0 Å². The van der Waals surface area contributed by atoms with Crippen LogP contribution in [0.1, 0.15) is 67.3 Å². The minimum atomic E-state index is 0.817. The standard InChI is InChI=1S/C48H44N2.C40H32N6.C36H24N6/c1-29-13-30(2)18-41(17-29)49(42-19-31(3)14-32(4)20-42)45-25-37-9-11-39-27-46(28-40-12-10-38(26-45)47(37)48(39)40)50(43-21-33(5)15-34(6)22-43)44-23-35(7)16-36(8)24-44;1-25-9-5-13-35(41-25)45(36-14-6-10-26(2)42-36)33-21-29-17-19-31-23-34(24-32-20-18-30(22-33)39(29)40(31)32)46(37-15-7-11-27(3)43-37)38-16-8-12-28(4)44-38;1-5-17-37-31(9-1)41(32-10-2-6-18-38-32)29-21-25-13-15-27-23-30(24-28-16-14-26(22-29)35(25)36(27)28)42(33-11-3-7-19-39-33)34-12-4-8-20-40-34/h9-28H,1-8H3;5-24H,1-4H3;1-24H. The molecule has 138 heavy (non-hydrogen) atoms. The van der Waals surface area contributed by atoms with Crippen LogP contribution in [-0.4, -0.2) is 39.9 Å². The molecular formula is C124H100N14. The summed E-state index contributed by atoms with van der Waals surface area (Å²) in [4.78, 5) is 51.6. The fourth-order valence-corrected chi connectivity index (χ4v) is 20.5. The number of rotatable bonds is 18. The van der Waals surface area contributed by atoms with Gasteiger partial charge in [0.2, 0.25) is 0 Å². The topological polar surface area (TPSA) is 123 Å². The number of benzene rings is 16. The van der Waals surface area contributed by atoms with Crippen molar-refractivity contribution in [3.05, 3.63) is 456 Å². The number of aromatic nitrogens is 8. The minimum Gasteiger partial charge on any atom is -0.310 e. The van der Waals surface area contributed by atoms with Crippen molar-refractivity contribution >= 4 is 200 Å². The third kappa shape index (κ3) is 16.8. The summed E-state index contributed by atoms with van der Waals surface area (Å²) in [6.07, 6.45) is 7.25. The summed E-state index contributed by atoms with van der Waals surface area (Å²) in [6, 6.07) is 130. The zero-order valence-corrected chi connectivity index (χ0v) is 79.2. The molecule has 8 aromatic heterocycles. The van der Waals surface area contributed by atoms with Crippen LogP contribution in [0.3, 0.4) is 0 Å². The van der Waals surface area contributed by atoms with E-state index in [-0.39, 0.29) is 0 Å². The molecule has 666 valence electrons. The van der Waals surface area contributed by atoms with E-state index >= 15 is 0 Å². The molecule has 0 aliphatic carbocycles.